The summed E-state index contributed by atoms with van der Waals surface area (Å²) < 4.78 is 1.11. The van der Waals surface area contributed by atoms with Gasteiger partial charge in [0.25, 0.3) is 0 Å². The molecule has 88 valence electrons. The van der Waals surface area contributed by atoms with E-state index < -0.39 is 5.97 Å². The highest BCUT2D eigenvalue weighted by atomic mass is 79.9. The number of aromatic nitrogens is 1. The van der Waals surface area contributed by atoms with Gasteiger partial charge in [-0.15, -0.1) is 23.1 Å². The fourth-order valence-corrected chi connectivity index (χ4v) is 3.80. The molecule has 0 fully saturated rings. The van der Waals surface area contributed by atoms with Crippen LogP contribution in [0, 0.1) is 0 Å². The molecule has 2 rings (SSSR count). The lowest BCUT2D eigenvalue weighted by Gasteiger charge is -2.00. The maximum Gasteiger partial charge on any atom is 0.337 e. The van der Waals surface area contributed by atoms with E-state index in [4.69, 9.17) is 5.11 Å². The Balaban J connectivity index is 2.00. The fourth-order valence-electron chi connectivity index (χ4n) is 1.16. The van der Waals surface area contributed by atoms with Crippen molar-refractivity contribution in [1.82, 2.24) is 4.98 Å². The topological polar surface area (TPSA) is 50.2 Å². The Morgan fingerprint density at radius 2 is 2.29 bits per heavy atom. The Morgan fingerprint density at radius 1 is 1.47 bits per heavy atom. The van der Waals surface area contributed by atoms with Crippen LogP contribution in [0.3, 0.4) is 0 Å². The summed E-state index contributed by atoms with van der Waals surface area (Å²) >= 11 is 6.75. The maximum atomic E-state index is 10.7. The molecule has 0 aliphatic rings. The molecule has 0 saturated heterocycles. The van der Waals surface area contributed by atoms with Crippen LogP contribution in [0.1, 0.15) is 15.2 Å². The first-order valence-corrected chi connectivity index (χ1v) is 7.36. The number of hydrogen-bond donors (Lipinski definition) is 1. The Labute approximate surface area is 115 Å². The van der Waals surface area contributed by atoms with Crippen molar-refractivity contribution in [2.45, 2.75) is 10.8 Å². The van der Waals surface area contributed by atoms with E-state index in [-0.39, 0.29) is 5.56 Å². The minimum atomic E-state index is -0.949. The third kappa shape index (κ3) is 3.31. The number of hydrogen-bond acceptors (Lipinski definition) is 4. The molecule has 0 amide bonds. The zero-order valence-corrected chi connectivity index (χ0v) is 11.8. The number of rotatable bonds is 4. The first kappa shape index (κ1) is 12.6. The summed E-state index contributed by atoms with van der Waals surface area (Å²) in [4.78, 5) is 16.0. The van der Waals surface area contributed by atoms with Gasteiger partial charge in [0, 0.05) is 21.3 Å². The highest BCUT2D eigenvalue weighted by Crippen LogP contribution is 2.29. The van der Waals surface area contributed by atoms with Crippen molar-refractivity contribution in [3.63, 3.8) is 0 Å². The second-order valence-corrected chi connectivity index (χ2v) is 6.02. The number of thiophene rings is 1. The monoisotopic (exact) mass is 329 g/mol. The van der Waals surface area contributed by atoms with Gasteiger partial charge in [0.1, 0.15) is 0 Å². The lowest BCUT2D eigenvalue weighted by atomic mass is 10.3. The summed E-state index contributed by atoms with van der Waals surface area (Å²) in [5, 5.41) is 11.6. The van der Waals surface area contributed by atoms with Crippen molar-refractivity contribution < 1.29 is 9.90 Å². The molecule has 0 aliphatic carbocycles. The van der Waals surface area contributed by atoms with Gasteiger partial charge in [-0.3, -0.25) is 0 Å². The lowest BCUT2D eigenvalue weighted by Crippen LogP contribution is -1.96. The van der Waals surface area contributed by atoms with Crippen LogP contribution in [-0.4, -0.2) is 16.1 Å². The van der Waals surface area contributed by atoms with Crippen LogP contribution in [0.2, 0.25) is 0 Å². The first-order chi connectivity index (χ1) is 8.16. The van der Waals surface area contributed by atoms with Gasteiger partial charge in [-0.25, -0.2) is 9.78 Å². The Hall–Kier alpha value is -0.850. The fraction of sp³-hybridized carbons (Fsp3) is 0.0909. The molecular formula is C11H8BrNO2S2. The molecule has 6 heteroatoms. The van der Waals surface area contributed by atoms with Crippen LogP contribution in [0.15, 0.2) is 39.3 Å². The van der Waals surface area contributed by atoms with Gasteiger partial charge >= 0.3 is 5.97 Å². The summed E-state index contributed by atoms with van der Waals surface area (Å²) in [6.45, 7) is 0. The maximum absolute atomic E-state index is 10.7. The van der Waals surface area contributed by atoms with Crippen molar-refractivity contribution in [3.05, 3.63) is 44.7 Å². The number of nitrogens with zero attached hydrogens (tertiary/aromatic N) is 1. The van der Waals surface area contributed by atoms with Crippen molar-refractivity contribution in [2.75, 3.05) is 0 Å². The molecule has 0 bridgehead atoms. The zero-order valence-electron chi connectivity index (χ0n) is 8.59. The lowest BCUT2D eigenvalue weighted by molar-refractivity contribution is 0.0696. The van der Waals surface area contributed by atoms with Gasteiger partial charge in [-0.05, 0) is 39.5 Å². The predicted octanol–water partition coefficient (Wildman–Crippen LogP) is 3.90. The molecule has 0 unspecified atom stereocenters. The van der Waals surface area contributed by atoms with E-state index in [0.29, 0.717) is 0 Å². The average Bonchev–Trinajstić information content (AvgIpc) is 2.73. The van der Waals surface area contributed by atoms with E-state index in [9.17, 15) is 4.79 Å². The van der Waals surface area contributed by atoms with Crippen LogP contribution < -0.4 is 0 Å². The van der Waals surface area contributed by atoms with Crippen molar-refractivity contribution in [3.8, 4) is 0 Å². The highest BCUT2D eigenvalue weighted by Gasteiger charge is 2.05. The summed E-state index contributed by atoms with van der Waals surface area (Å²) in [5.74, 6) is -0.118. The highest BCUT2D eigenvalue weighted by molar-refractivity contribution is 9.10. The van der Waals surface area contributed by atoms with Crippen LogP contribution in [0.5, 0.6) is 0 Å². The van der Waals surface area contributed by atoms with Gasteiger partial charge in [0.05, 0.1) is 10.6 Å². The quantitative estimate of drug-likeness (QED) is 0.864. The summed E-state index contributed by atoms with van der Waals surface area (Å²) in [6, 6.07) is 5.32. The Morgan fingerprint density at radius 3 is 2.82 bits per heavy atom. The summed E-state index contributed by atoms with van der Waals surface area (Å²) in [7, 11) is 0. The first-order valence-electron chi connectivity index (χ1n) is 4.71. The molecule has 0 saturated carbocycles. The van der Waals surface area contributed by atoms with Gasteiger partial charge in [0.2, 0.25) is 0 Å². The molecule has 0 radical (unpaired) electrons. The SMILES string of the molecule is O=C(O)c1ccc(SCc2sccc2Br)nc1. The molecule has 1 N–H and O–H groups in total. The average molecular weight is 330 g/mol. The molecule has 2 heterocycles. The van der Waals surface area contributed by atoms with Gasteiger partial charge < -0.3 is 5.11 Å². The molecule has 2 aromatic heterocycles. The van der Waals surface area contributed by atoms with Crippen molar-refractivity contribution in [1.29, 1.82) is 0 Å². The number of pyridine rings is 1. The minimum absolute atomic E-state index is 0.214. The van der Waals surface area contributed by atoms with Gasteiger partial charge in [-0.1, -0.05) is 0 Å². The molecule has 0 atom stereocenters. The van der Waals surface area contributed by atoms with Gasteiger partial charge in [-0.2, -0.15) is 0 Å². The third-order valence-corrected chi connectivity index (χ3v) is 5.10. The predicted molar refractivity (Wildman–Crippen MR) is 72.8 cm³/mol. The molecule has 0 aliphatic heterocycles. The third-order valence-electron chi connectivity index (χ3n) is 2.03. The second-order valence-electron chi connectivity index (χ2n) is 3.17. The Kier molecular flexibility index (Phi) is 4.20. The number of halogens is 1. The smallest absolute Gasteiger partial charge is 0.337 e. The number of carboxylic acids is 1. The van der Waals surface area contributed by atoms with Crippen LogP contribution in [0.25, 0.3) is 0 Å². The molecule has 2 aromatic rings. The van der Waals surface area contributed by atoms with E-state index >= 15 is 0 Å². The van der Waals surface area contributed by atoms with E-state index in [1.165, 1.54) is 11.1 Å². The number of thioether (sulfide) groups is 1. The normalized spacial score (nSPS) is 10.4. The molecule has 0 spiro atoms. The molecule has 0 aromatic carbocycles. The molecule has 3 nitrogen and oxygen atoms in total. The second kappa shape index (κ2) is 5.66. The standard InChI is InChI=1S/C11H8BrNO2S2/c12-8-3-4-16-9(8)6-17-10-2-1-7(5-13-10)11(14)15/h1-5H,6H2,(H,14,15). The molecule has 17 heavy (non-hydrogen) atoms. The van der Waals surface area contributed by atoms with E-state index in [1.54, 1.807) is 35.2 Å². The molecular weight excluding hydrogens is 322 g/mol. The summed E-state index contributed by atoms with van der Waals surface area (Å²) in [6.07, 6.45) is 1.38. The largest absolute Gasteiger partial charge is 0.478 e. The van der Waals surface area contributed by atoms with Crippen LogP contribution >= 0.6 is 39.0 Å². The summed E-state index contributed by atoms with van der Waals surface area (Å²) in [5.41, 5.74) is 0.214. The minimum Gasteiger partial charge on any atom is -0.478 e. The number of carboxylic acid groups (broad SMARTS) is 1. The zero-order chi connectivity index (χ0) is 12.3. The van der Waals surface area contributed by atoms with Gasteiger partial charge in [0.15, 0.2) is 0 Å². The van der Waals surface area contributed by atoms with Crippen LogP contribution in [0.4, 0.5) is 0 Å². The van der Waals surface area contributed by atoms with E-state index in [0.717, 1.165) is 15.3 Å². The van der Waals surface area contributed by atoms with E-state index in [2.05, 4.69) is 20.9 Å². The number of aromatic carboxylic acids is 1. The Bertz CT molecular complexity index is 525. The van der Waals surface area contributed by atoms with Crippen molar-refractivity contribution >= 4 is 45.0 Å². The number of carbonyl (C=O) groups is 1. The van der Waals surface area contributed by atoms with Crippen molar-refractivity contribution in [2.24, 2.45) is 0 Å². The van der Waals surface area contributed by atoms with E-state index in [1.807, 2.05) is 11.4 Å². The van der Waals surface area contributed by atoms with Crippen LogP contribution in [-0.2, 0) is 5.75 Å².